The van der Waals surface area contributed by atoms with Crippen LogP contribution in [-0.2, 0) is 28.6 Å². The molecular weight excluding hydrogens is 949 g/mol. The highest BCUT2D eigenvalue weighted by atomic mass is 16.6. The fraction of sp³-hybridized carbons (Fsp3) is 0.958. The lowest BCUT2D eigenvalue weighted by Crippen LogP contribution is -2.30. The van der Waals surface area contributed by atoms with Gasteiger partial charge in [-0.2, -0.15) is 0 Å². The van der Waals surface area contributed by atoms with Crippen LogP contribution < -0.4 is 0 Å². The summed E-state index contributed by atoms with van der Waals surface area (Å²) < 4.78 is 17.0. The molecule has 0 aromatic rings. The normalized spacial score (nSPS) is 12.0. The molecule has 0 aromatic carbocycles. The van der Waals surface area contributed by atoms with E-state index in [2.05, 4.69) is 34.6 Å². The number of hydrogen-bond acceptors (Lipinski definition) is 6. The molecule has 0 saturated heterocycles. The summed E-state index contributed by atoms with van der Waals surface area (Å²) in [6, 6.07) is 0. The smallest absolute Gasteiger partial charge is 0.306 e. The van der Waals surface area contributed by atoms with Crippen molar-refractivity contribution < 1.29 is 28.6 Å². The molecule has 0 radical (unpaired) electrons. The van der Waals surface area contributed by atoms with Crippen molar-refractivity contribution in [2.75, 3.05) is 13.2 Å². The van der Waals surface area contributed by atoms with Gasteiger partial charge in [0.15, 0.2) is 6.10 Å². The van der Waals surface area contributed by atoms with Crippen molar-refractivity contribution in [2.24, 2.45) is 11.8 Å². The van der Waals surface area contributed by atoms with Crippen LogP contribution in [0, 0.1) is 11.8 Å². The topological polar surface area (TPSA) is 78.9 Å². The summed E-state index contributed by atoms with van der Waals surface area (Å²) in [5.41, 5.74) is 0. The summed E-state index contributed by atoms with van der Waals surface area (Å²) in [4.78, 5) is 38.5. The van der Waals surface area contributed by atoms with Gasteiger partial charge in [-0.3, -0.25) is 14.4 Å². The molecule has 77 heavy (non-hydrogen) atoms. The molecule has 6 nitrogen and oxygen atoms in total. The van der Waals surface area contributed by atoms with E-state index in [9.17, 15) is 14.4 Å². The minimum atomic E-state index is -0.765. The summed E-state index contributed by atoms with van der Waals surface area (Å²) in [5, 5.41) is 0. The first-order valence-corrected chi connectivity index (χ1v) is 35.2. The van der Waals surface area contributed by atoms with Gasteiger partial charge in [0.1, 0.15) is 13.2 Å². The third kappa shape index (κ3) is 65.1. The van der Waals surface area contributed by atoms with Crippen LogP contribution in [0.5, 0.6) is 0 Å². The maximum absolute atomic E-state index is 13.0. The van der Waals surface area contributed by atoms with E-state index in [-0.39, 0.29) is 31.1 Å². The maximum Gasteiger partial charge on any atom is 0.306 e. The molecule has 0 aliphatic heterocycles. The molecule has 1 atom stereocenters. The number of carbonyl (C=O) groups is 3. The lowest BCUT2D eigenvalue weighted by atomic mass is 10.0. The Kier molecular flexibility index (Phi) is 62.3. The monoisotopic (exact) mass is 1090 g/mol. The van der Waals surface area contributed by atoms with Gasteiger partial charge in [-0.05, 0) is 31.1 Å². The Bertz CT molecular complexity index is 1180. The van der Waals surface area contributed by atoms with Crippen LogP contribution in [-0.4, -0.2) is 37.2 Å². The van der Waals surface area contributed by atoms with Crippen molar-refractivity contribution >= 4 is 17.9 Å². The predicted octanol–water partition coefficient (Wildman–Crippen LogP) is 23.9. The largest absolute Gasteiger partial charge is 0.462 e. The molecule has 6 heteroatoms. The molecule has 458 valence electrons. The van der Waals surface area contributed by atoms with E-state index in [1.165, 1.54) is 295 Å². The highest BCUT2D eigenvalue weighted by Crippen LogP contribution is 2.20. The average molecular weight is 1090 g/mol. The fourth-order valence-corrected chi connectivity index (χ4v) is 11.2. The molecule has 0 fully saturated rings. The number of hydrogen-bond donors (Lipinski definition) is 0. The molecule has 0 bridgehead atoms. The minimum Gasteiger partial charge on any atom is -0.462 e. The molecule has 0 rings (SSSR count). The average Bonchev–Trinajstić information content (AvgIpc) is 3.41. The zero-order valence-electron chi connectivity index (χ0n) is 53.1. The van der Waals surface area contributed by atoms with Crippen LogP contribution in [0.2, 0.25) is 0 Å². The van der Waals surface area contributed by atoms with E-state index in [1.807, 2.05) is 0 Å². The van der Waals surface area contributed by atoms with Gasteiger partial charge in [0, 0.05) is 19.3 Å². The second-order valence-electron chi connectivity index (χ2n) is 25.5. The molecule has 0 aromatic heterocycles. The van der Waals surface area contributed by atoms with Crippen molar-refractivity contribution in [1.29, 1.82) is 0 Å². The lowest BCUT2D eigenvalue weighted by Gasteiger charge is -2.18. The molecule has 0 spiro atoms. The zero-order valence-corrected chi connectivity index (χ0v) is 53.1. The summed E-state index contributed by atoms with van der Waals surface area (Å²) in [5.74, 6) is 0.887. The van der Waals surface area contributed by atoms with Crippen molar-refractivity contribution in [3.05, 3.63) is 0 Å². The Morgan fingerprint density at radius 1 is 0.247 bits per heavy atom. The van der Waals surface area contributed by atoms with E-state index in [4.69, 9.17) is 14.2 Å². The molecular formula is C71H138O6. The minimum absolute atomic E-state index is 0.0611. The van der Waals surface area contributed by atoms with Gasteiger partial charge >= 0.3 is 17.9 Å². The third-order valence-corrected chi connectivity index (χ3v) is 16.5. The molecule has 0 aliphatic rings. The summed E-state index contributed by atoms with van der Waals surface area (Å²) in [6.07, 6.45) is 72.6. The highest BCUT2D eigenvalue weighted by molar-refractivity contribution is 5.71. The van der Waals surface area contributed by atoms with Crippen LogP contribution in [0.15, 0.2) is 0 Å². The van der Waals surface area contributed by atoms with Gasteiger partial charge in [0.25, 0.3) is 0 Å². The Labute approximate surface area is 482 Å². The second kappa shape index (κ2) is 63.6. The van der Waals surface area contributed by atoms with Gasteiger partial charge in [0.2, 0.25) is 0 Å². The molecule has 0 amide bonds. The van der Waals surface area contributed by atoms with Gasteiger partial charge < -0.3 is 14.2 Å². The van der Waals surface area contributed by atoms with Gasteiger partial charge in [0.05, 0.1) is 0 Å². The van der Waals surface area contributed by atoms with Gasteiger partial charge in [-0.15, -0.1) is 0 Å². The number of carbonyl (C=O) groups excluding carboxylic acids is 3. The van der Waals surface area contributed by atoms with Crippen molar-refractivity contribution in [2.45, 2.75) is 413 Å². The van der Waals surface area contributed by atoms with E-state index in [1.54, 1.807) is 0 Å². The van der Waals surface area contributed by atoms with Gasteiger partial charge in [-0.1, -0.05) is 369 Å². The predicted molar refractivity (Wildman–Crippen MR) is 335 cm³/mol. The molecule has 0 N–H and O–H groups in total. The second-order valence-corrected chi connectivity index (χ2v) is 25.5. The number of esters is 3. The van der Waals surface area contributed by atoms with E-state index in [0.29, 0.717) is 19.3 Å². The zero-order chi connectivity index (χ0) is 56.0. The summed E-state index contributed by atoms with van der Waals surface area (Å²) in [6.45, 7) is 11.5. The first kappa shape index (κ1) is 75.4. The Morgan fingerprint density at radius 3 is 0.636 bits per heavy atom. The Balaban J connectivity index is 4.27. The van der Waals surface area contributed by atoms with Crippen molar-refractivity contribution in [3.63, 3.8) is 0 Å². The van der Waals surface area contributed by atoms with Crippen LogP contribution in [0.3, 0.4) is 0 Å². The number of ether oxygens (including phenoxy) is 3. The standard InChI is InChI=1S/C71H138O6/c1-6-7-8-9-10-11-12-13-14-15-16-20-26-31-36-41-46-51-56-61-69(72)75-64-68(77-71(74)63-58-53-48-43-38-33-28-23-22-25-30-35-40-45-50-55-60-67(4)5)65-76-70(73)62-57-52-47-42-37-32-27-21-18-17-19-24-29-34-39-44-49-54-59-66(2)3/h66-68H,6-65H2,1-5H3/t68-/m0/s1. The molecule has 0 aliphatic carbocycles. The maximum atomic E-state index is 13.0. The number of rotatable bonds is 65. The molecule has 0 heterocycles. The fourth-order valence-electron chi connectivity index (χ4n) is 11.2. The van der Waals surface area contributed by atoms with Crippen LogP contribution in [0.1, 0.15) is 407 Å². The van der Waals surface area contributed by atoms with Crippen LogP contribution in [0.25, 0.3) is 0 Å². The third-order valence-electron chi connectivity index (χ3n) is 16.5. The highest BCUT2D eigenvalue weighted by Gasteiger charge is 2.20. The Hall–Kier alpha value is -1.59. The number of unbranched alkanes of at least 4 members (excludes halogenated alkanes) is 50. The Morgan fingerprint density at radius 2 is 0.429 bits per heavy atom. The van der Waals surface area contributed by atoms with E-state index < -0.39 is 6.10 Å². The van der Waals surface area contributed by atoms with Crippen molar-refractivity contribution in [1.82, 2.24) is 0 Å². The summed E-state index contributed by atoms with van der Waals surface area (Å²) >= 11 is 0. The summed E-state index contributed by atoms with van der Waals surface area (Å²) in [7, 11) is 0. The van der Waals surface area contributed by atoms with E-state index in [0.717, 1.165) is 69.6 Å². The lowest BCUT2D eigenvalue weighted by molar-refractivity contribution is -0.167. The first-order valence-electron chi connectivity index (χ1n) is 35.2. The van der Waals surface area contributed by atoms with Crippen molar-refractivity contribution in [3.8, 4) is 0 Å². The molecule has 0 unspecified atom stereocenters. The van der Waals surface area contributed by atoms with Gasteiger partial charge in [-0.25, -0.2) is 0 Å². The van der Waals surface area contributed by atoms with E-state index >= 15 is 0 Å². The van der Waals surface area contributed by atoms with Crippen LogP contribution in [0.4, 0.5) is 0 Å². The quantitative estimate of drug-likeness (QED) is 0.0343. The SMILES string of the molecule is CCCCCCCCCCCCCCCCCCCCCC(=O)OC[C@@H](COC(=O)CCCCCCCCCCCCCCCCCCCCC(C)C)OC(=O)CCCCCCCCCCCCCCCCCCC(C)C. The first-order chi connectivity index (χ1) is 37.7. The van der Waals surface area contributed by atoms with Crippen LogP contribution >= 0.6 is 0 Å². The molecule has 0 saturated carbocycles.